The van der Waals surface area contributed by atoms with Gasteiger partial charge < -0.3 is 14.2 Å². The van der Waals surface area contributed by atoms with Gasteiger partial charge >= 0.3 is 11.9 Å². The monoisotopic (exact) mass is 610 g/mol. The predicted octanol–water partition coefficient (Wildman–Crippen LogP) is 9.52. The Labute approximate surface area is 262 Å². The van der Waals surface area contributed by atoms with Gasteiger partial charge in [0, 0.05) is 13.5 Å². The highest BCUT2D eigenvalue weighted by molar-refractivity contribution is 7.07. The van der Waals surface area contributed by atoms with Crippen LogP contribution >= 0.6 is 11.3 Å². The van der Waals surface area contributed by atoms with Gasteiger partial charge in [-0.15, -0.1) is 0 Å². The van der Waals surface area contributed by atoms with Gasteiger partial charge in [0.05, 0.1) is 18.2 Å². The van der Waals surface area contributed by atoms with Crippen molar-refractivity contribution in [2.24, 2.45) is 0 Å². The van der Waals surface area contributed by atoms with Crippen molar-refractivity contribution >= 4 is 23.3 Å². The van der Waals surface area contributed by atoms with Crippen molar-refractivity contribution in [3.05, 3.63) is 17.1 Å². The fraction of sp³-hybridized carbons (Fsp3) is 0.857. The smallest absolute Gasteiger partial charge is 0.308 e. The number of ether oxygens (including phenoxy) is 3. The average molecular weight is 611 g/mol. The number of hydrogen-bond donors (Lipinski definition) is 0. The minimum Gasteiger partial charge on any atom is -0.463 e. The predicted molar refractivity (Wildman–Crippen MR) is 174 cm³/mol. The molecule has 1 aromatic heterocycles. The molecule has 0 aliphatic heterocycles. The minimum atomic E-state index is -0.477. The minimum absolute atomic E-state index is 0.0289. The maximum atomic E-state index is 12.7. The van der Waals surface area contributed by atoms with Crippen LogP contribution in [0.5, 0.6) is 0 Å². The highest BCUT2D eigenvalue weighted by Gasteiger charge is 2.20. The average Bonchev–Trinajstić information content (AvgIpc) is 3.51. The number of esters is 2. The lowest BCUT2D eigenvalue weighted by Gasteiger charge is -2.20. The van der Waals surface area contributed by atoms with E-state index in [1.807, 2.05) is 17.1 Å². The maximum Gasteiger partial charge on any atom is 0.308 e. The summed E-state index contributed by atoms with van der Waals surface area (Å²) in [6.45, 7) is 5.32. The summed E-state index contributed by atoms with van der Waals surface area (Å²) in [7, 11) is 1.55. The van der Waals surface area contributed by atoms with Crippen LogP contribution in [-0.2, 0) is 30.3 Å². The van der Waals surface area contributed by atoms with Crippen molar-refractivity contribution in [3.8, 4) is 0 Å². The molecule has 0 amide bonds. The number of rotatable bonds is 30. The summed E-state index contributed by atoms with van der Waals surface area (Å²) >= 11 is 1.63. The van der Waals surface area contributed by atoms with E-state index in [2.05, 4.69) is 18.4 Å². The van der Waals surface area contributed by atoms with Crippen molar-refractivity contribution in [3.63, 3.8) is 0 Å². The number of methoxy groups -OCH3 is 1. The zero-order chi connectivity index (χ0) is 30.5. The van der Waals surface area contributed by atoms with E-state index in [1.54, 1.807) is 18.4 Å². The fourth-order valence-electron chi connectivity index (χ4n) is 5.30. The third-order valence-corrected chi connectivity index (χ3v) is 8.71. The molecule has 0 saturated carbocycles. The number of unbranched alkanes of at least 4 members (excludes halogenated alkanes) is 16. The lowest BCUT2D eigenvalue weighted by Crippen LogP contribution is -2.30. The maximum absolute atomic E-state index is 12.7. The normalized spacial score (nSPS) is 12.7. The van der Waals surface area contributed by atoms with Crippen LogP contribution in [0.3, 0.4) is 0 Å². The van der Waals surface area contributed by atoms with Gasteiger partial charge in [0.25, 0.3) is 0 Å². The molecule has 1 heterocycles. The number of nitrogens with zero attached hydrogens (tertiary/aromatic N) is 1. The molecule has 0 saturated heterocycles. The van der Waals surface area contributed by atoms with Gasteiger partial charge in [-0.1, -0.05) is 134 Å². The Hall–Kier alpha value is -1.47. The molecule has 0 fully saturated rings. The quantitative estimate of drug-likeness (QED) is 0.0493. The van der Waals surface area contributed by atoms with E-state index in [1.165, 1.54) is 96.3 Å². The van der Waals surface area contributed by atoms with Crippen LogP contribution in [-0.4, -0.2) is 37.9 Å². The van der Waals surface area contributed by atoms with Crippen LogP contribution in [0.1, 0.15) is 162 Å². The third-order valence-electron chi connectivity index (χ3n) is 8.04. The Morgan fingerprint density at radius 1 is 0.690 bits per heavy atom. The molecule has 42 heavy (non-hydrogen) atoms. The number of thiazole rings is 1. The van der Waals surface area contributed by atoms with Crippen molar-refractivity contribution in [2.75, 3.05) is 13.7 Å². The Morgan fingerprint density at radius 3 is 1.76 bits per heavy atom. The molecule has 1 rings (SSSR count). The van der Waals surface area contributed by atoms with E-state index in [9.17, 15) is 9.59 Å². The molecule has 0 N–H and O–H groups in total. The largest absolute Gasteiger partial charge is 0.463 e. The van der Waals surface area contributed by atoms with E-state index < -0.39 is 6.10 Å². The number of aryl methyl sites for hydroxylation is 1. The van der Waals surface area contributed by atoms with Crippen LogP contribution in [0.4, 0.5) is 0 Å². The van der Waals surface area contributed by atoms with E-state index in [0.29, 0.717) is 6.42 Å². The van der Waals surface area contributed by atoms with Crippen LogP contribution < -0.4 is 4.57 Å². The highest BCUT2D eigenvalue weighted by Crippen LogP contribution is 2.18. The molecule has 2 unspecified atom stereocenters. The molecule has 0 aliphatic carbocycles. The van der Waals surface area contributed by atoms with E-state index >= 15 is 0 Å². The number of aromatic nitrogens is 1. The molecule has 0 spiro atoms. The van der Waals surface area contributed by atoms with Gasteiger partial charge in [-0.2, -0.15) is 4.57 Å². The topological polar surface area (TPSA) is 65.7 Å². The molecular formula is C35H64NO5S+. The van der Waals surface area contributed by atoms with Crippen LogP contribution in [0.2, 0.25) is 0 Å². The second-order valence-corrected chi connectivity index (χ2v) is 12.7. The van der Waals surface area contributed by atoms with Gasteiger partial charge in [-0.3, -0.25) is 9.59 Å². The van der Waals surface area contributed by atoms with Crippen molar-refractivity contribution in [1.29, 1.82) is 0 Å². The first kappa shape index (κ1) is 38.6. The van der Waals surface area contributed by atoms with E-state index in [0.717, 1.165) is 45.1 Å². The standard InChI is InChI=1S/C35H64NO5S/c1-4-6-8-9-10-11-12-13-14-15-16-17-18-19-20-21-24-32(23-7-5-2)41-35(38)29-33(39-3)30-40-34(37)25-22-26-36-27-28-42-31-36/h27-28,31-33H,4-26,29-30H2,1-3H3/q+1. The summed E-state index contributed by atoms with van der Waals surface area (Å²) in [5.41, 5.74) is 2.02. The number of carbonyl (C=O) groups is 2. The molecular weight excluding hydrogens is 546 g/mol. The van der Waals surface area contributed by atoms with Crippen LogP contribution in [0, 0.1) is 0 Å². The van der Waals surface area contributed by atoms with Gasteiger partial charge in [0.1, 0.15) is 25.4 Å². The zero-order valence-electron chi connectivity index (χ0n) is 27.5. The molecule has 0 aromatic carbocycles. The van der Waals surface area contributed by atoms with Crippen molar-refractivity contribution in [2.45, 2.75) is 180 Å². The Balaban J connectivity index is 2.10. The molecule has 0 aliphatic rings. The zero-order valence-corrected chi connectivity index (χ0v) is 28.3. The first-order valence-electron chi connectivity index (χ1n) is 17.4. The van der Waals surface area contributed by atoms with Crippen molar-refractivity contribution in [1.82, 2.24) is 0 Å². The highest BCUT2D eigenvalue weighted by atomic mass is 32.1. The number of hydrogen-bond acceptors (Lipinski definition) is 6. The summed E-state index contributed by atoms with van der Waals surface area (Å²) in [6.07, 6.45) is 28.4. The molecule has 0 radical (unpaired) electrons. The van der Waals surface area contributed by atoms with Gasteiger partial charge in [0.2, 0.25) is 5.51 Å². The fourth-order valence-corrected chi connectivity index (χ4v) is 5.93. The summed E-state index contributed by atoms with van der Waals surface area (Å²) in [5.74, 6) is -0.519. The third kappa shape index (κ3) is 23.0. The van der Waals surface area contributed by atoms with Crippen molar-refractivity contribution < 1.29 is 28.4 Å². The molecule has 0 bridgehead atoms. The van der Waals surface area contributed by atoms with Gasteiger partial charge in [-0.25, -0.2) is 0 Å². The van der Waals surface area contributed by atoms with E-state index in [4.69, 9.17) is 14.2 Å². The molecule has 1 aromatic rings. The molecule has 6 nitrogen and oxygen atoms in total. The van der Waals surface area contributed by atoms with Crippen LogP contribution in [0.25, 0.3) is 0 Å². The van der Waals surface area contributed by atoms with Gasteiger partial charge in [0.15, 0.2) is 6.20 Å². The summed E-state index contributed by atoms with van der Waals surface area (Å²) in [6, 6.07) is 0. The molecule has 2 atom stereocenters. The van der Waals surface area contributed by atoms with E-state index in [-0.39, 0.29) is 31.1 Å². The SMILES string of the molecule is CCCCCCCCCCCCCCCCCCC(CCCC)OC(=O)CC(COC(=O)CCC[n+]1ccsc1)OC. The molecule has 244 valence electrons. The Morgan fingerprint density at radius 2 is 1.24 bits per heavy atom. The van der Waals surface area contributed by atoms with Gasteiger partial charge in [-0.05, 0) is 19.3 Å². The second kappa shape index (κ2) is 28.3. The second-order valence-electron chi connectivity index (χ2n) is 12.0. The summed E-state index contributed by atoms with van der Waals surface area (Å²) < 4.78 is 18.7. The molecule has 7 heteroatoms. The Bertz CT molecular complexity index is 742. The van der Waals surface area contributed by atoms with Crippen LogP contribution in [0.15, 0.2) is 17.1 Å². The lowest BCUT2D eigenvalue weighted by molar-refractivity contribution is -0.692. The Kier molecular flexibility index (Phi) is 26.0. The first-order chi connectivity index (χ1) is 20.6. The summed E-state index contributed by atoms with van der Waals surface area (Å²) in [4.78, 5) is 24.8. The number of carbonyl (C=O) groups excluding carboxylic acids is 2. The lowest BCUT2D eigenvalue weighted by atomic mass is 10.0. The first-order valence-corrected chi connectivity index (χ1v) is 18.3. The summed E-state index contributed by atoms with van der Waals surface area (Å²) in [5, 5.41) is 2.01.